The molecule has 7 nitrogen and oxygen atoms in total. The van der Waals surface area contributed by atoms with Crippen molar-refractivity contribution in [3.63, 3.8) is 0 Å². The molecule has 0 spiro atoms. The maximum absolute atomic E-state index is 13.3. The van der Waals surface area contributed by atoms with Crippen LogP contribution in [0.3, 0.4) is 0 Å². The lowest BCUT2D eigenvalue weighted by Crippen LogP contribution is -2.48. The Bertz CT molecular complexity index is 1210. The number of carboxylic acids is 1. The maximum Gasteiger partial charge on any atom is 0.352 e. The second kappa shape index (κ2) is 9.45. The molecule has 33 heavy (non-hydrogen) atoms. The summed E-state index contributed by atoms with van der Waals surface area (Å²) in [6.07, 6.45) is 0. The van der Waals surface area contributed by atoms with Crippen molar-refractivity contribution in [1.29, 1.82) is 0 Å². The second-order valence-electron chi connectivity index (χ2n) is 8.86. The Kier molecular flexibility index (Phi) is 7.05. The molecule has 3 aromatic rings. The van der Waals surface area contributed by atoms with Gasteiger partial charge in [0, 0.05) is 32.1 Å². The Hall–Kier alpha value is -3.03. The zero-order valence-electron chi connectivity index (χ0n) is 18.6. The monoisotopic (exact) mass is 489 g/mol. The quantitative estimate of drug-likeness (QED) is 0.388. The molecule has 1 unspecified atom stereocenters. The molecule has 0 aliphatic carbocycles. The molecule has 1 heterocycles. The number of carbonyl (C=O) groups is 3. The van der Waals surface area contributed by atoms with Gasteiger partial charge in [-0.1, -0.05) is 41.4 Å². The fourth-order valence-corrected chi connectivity index (χ4v) is 3.84. The SMILES string of the molecule is C[C@H](C(=O)NC(C(=O)NC(C)(C)C)c1c(C(=O)O)[nH]c2cc(Cl)ccc12)c1ccc(Cl)cc1. The van der Waals surface area contributed by atoms with Crippen LogP contribution >= 0.6 is 23.2 Å². The number of aromatic nitrogens is 1. The third-order valence-electron chi connectivity index (χ3n) is 5.11. The molecule has 2 atom stereocenters. The Balaban J connectivity index is 2.08. The van der Waals surface area contributed by atoms with Gasteiger partial charge >= 0.3 is 5.97 Å². The van der Waals surface area contributed by atoms with Gasteiger partial charge in [0.05, 0.1) is 5.92 Å². The molecule has 0 saturated carbocycles. The number of aromatic amines is 1. The average molecular weight is 490 g/mol. The smallest absolute Gasteiger partial charge is 0.352 e. The van der Waals surface area contributed by atoms with E-state index in [9.17, 15) is 19.5 Å². The largest absolute Gasteiger partial charge is 0.477 e. The minimum atomic E-state index is -1.26. The number of carbonyl (C=O) groups excluding carboxylic acids is 2. The number of halogens is 2. The number of benzene rings is 2. The van der Waals surface area contributed by atoms with Crippen LogP contribution in [-0.2, 0) is 9.59 Å². The molecule has 0 fully saturated rings. The van der Waals surface area contributed by atoms with E-state index in [4.69, 9.17) is 23.2 Å². The van der Waals surface area contributed by atoms with Crippen LogP contribution in [0.1, 0.15) is 61.3 Å². The fourth-order valence-electron chi connectivity index (χ4n) is 3.54. The molecular weight excluding hydrogens is 465 g/mol. The molecule has 174 valence electrons. The van der Waals surface area contributed by atoms with Gasteiger partial charge in [-0.2, -0.15) is 0 Å². The van der Waals surface area contributed by atoms with Gasteiger partial charge in [0.1, 0.15) is 11.7 Å². The Morgan fingerprint density at radius 3 is 2.15 bits per heavy atom. The molecule has 0 bridgehead atoms. The molecule has 0 aliphatic rings. The van der Waals surface area contributed by atoms with Gasteiger partial charge in [-0.15, -0.1) is 0 Å². The maximum atomic E-state index is 13.3. The van der Waals surface area contributed by atoms with Crippen molar-refractivity contribution < 1.29 is 19.5 Å². The number of hydrogen-bond donors (Lipinski definition) is 4. The summed E-state index contributed by atoms with van der Waals surface area (Å²) >= 11 is 12.0. The number of fused-ring (bicyclic) bond motifs is 1. The van der Waals surface area contributed by atoms with Crippen molar-refractivity contribution in [2.75, 3.05) is 0 Å². The number of carboxylic acid groups (broad SMARTS) is 1. The van der Waals surface area contributed by atoms with E-state index >= 15 is 0 Å². The second-order valence-corrected chi connectivity index (χ2v) is 9.74. The normalized spacial score (nSPS) is 13.4. The van der Waals surface area contributed by atoms with E-state index in [1.165, 1.54) is 0 Å². The van der Waals surface area contributed by atoms with Crippen LogP contribution in [0.2, 0.25) is 10.0 Å². The highest BCUT2D eigenvalue weighted by atomic mass is 35.5. The van der Waals surface area contributed by atoms with Gasteiger partial charge in [-0.3, -0.25) is 9.59 Å². The first kappa shape index (κ1) is 24.6. The highest BCUT2D eigenvalue weighted by Crippen LogP contribution is 2.31. The van der Waals surface area contributed by atoms with Crippen LogP contribution in [0.25, 0.3) is 10.9 Å². The summed E-state index contributed by atoms with van der Waals surface area (Å²) in [6, 6.07) is 10.4. The number of amides is 2. The lowest BCUT2D eigenvalue weighted by atomic mass is 9.96. The number of nitrogens with one attached hydrogen (secondary N) is 3. The van der Waals surface area contributed by atoms with Crippen molar-refractivity contribution in [1.82, 2.24) is 15.6 Å². The number of aromatic carboxylic acids is 1. The summed E-state index contributed by atoms with van der Waals surface area (Å²) in [5, 5.41) is 16.8. The Morgan fingerprint density at radius 2 is 1.58 bits per heavy atom. The van der Waals surface area contributed by atoms with Crippen molar-refractivity contribution in [3.8, 4) is 0 Å². The van der Waals surface area contributed by atoms with Gasteiger partial charge in [-0.05, 0) is 57.5 Å². The van der Waals surface area contributed by atoms with Gasteiger partial charge in [0.15, 0.2) is 0 Å². The minimum Gasteiger partial charge on any atom is -0.477 e. The topological polar surface area (TPSA) is 111 Å². The molecular formula is C24H25Cl2N3O4. The van der Waals surface area contributed by atoms with Crippen LogP contribution in [0.15, 0.2) is 42.5 Å². The van der Waals surface area contributed by atoms with Gasteiger partial charge < -0.3 is 20.7 Å². The van der Waals surface area contributed by atoms with E-state index in [0.29, 0.717) is 26.5 Å². The predicted octanol–water partition coefficient (Wildman–Crippen LogP) is 5.05. The molecule has 1 aromatic heterocycles. The summed E-state index contributed by atoms with van der Waals surface area (Å²) in [5.41, 5.74) is 0.508. The fraction of sp³-hybridized carbons (Fsp3) is 0.292. The first-order chi connectivity index (χ1) is 15.4. The number of rotatable bonds is 6. The standard InChI is InChI=1S/C24H25Cl2N3O4/c1-12(13-5-7-14(25)8-6-13)21(30)28-19(22(31)29-24(2,3)4)18-16-10-9-15(26)11-17(16)27-20(18)23(32)33/h5-12,19,27H,1-4H3,(H,28,30)(H,29,31)(H,32,33)/t12-,19?/m0/s1. The average Bonchev–Trinajstić information content (AvgIpc) is 3.09. The van der Waals surface area contributed by atoms with Crippen molar-refractivity contribution in [2.24, 2.45) is 0 Å². The molecule has 0 radical (unpaired) electrons. The van der Waals surface area contributed by atoms with Crippen LogP contribution in [0.5, 0.6) is 0 Å². The van der Waals surface area contributed by atoms with E-state index in [1.807, 2.05) is 0 Å². The summed E-state index contributed by atoms with van der Waals surface area (Å²) in [7, 11) is 0. The zero-order valence-corrected chi connectivity index (χ0v) is 20.1. The predicted molar refractivity (Wildman–Crippen MR) is 129 cm³/mol. The summed E-state index contributed by atoms with van der Waals surface area (Å²) < 4.78 is 0. The molecule has 3 rings (SSSR count). The molecule has 2 aromatic carbocycles. The molecule has 2 amide bonds. The first-order valence-corrected chi connectivity index (χ1v) is 11.0. The number of H-pyrrole nitrogens is 1. The van der Waals surface area contributed by atoms with Gasteiger partial charge in [0.25, 0.3) is 0 Å². The van der Waals surface area contributed by atoms with Crippen molar-refractivity contribution in [3.05, 3.63) is 69.3 Å². The van der Waals surface area contributed by atoms with E-state index in [0.717, 1.165) is 0 Å². The summed E-state index contributed by atoms with van der Waals surface area (Å²) in [5.74, 6) is -2.84. The number of hydrogen-bond acceptors (Lipinski definition) is 3. The highest BCUT2D eigenvalue weighted by molar-refractivity contribution is 6.31. The van der Waals surface area contributed by atoms with Crippen molar-refractivity contribution >= 4 is 51.9 Å². The zero-order chi connectivity index (χ0) is 24.5. The van der Waals surface area contributed by atoms with E-state index in [2.05, 4.69) is 15.6 Å². The van der Waals surface area contributed by atoms with Crippen LogP contribution in [0, 0.1) is 0 Å². The van der Waals surface area contributed by atoms with Crippen LogP contribution in [-0.4, -0.2) is 33.4 Å². The van der Waals surface area contributed by atoms with Gasteiger partial charge in [-0.25, -0.2) is 4.79 Å². The minimum absolute atomic E-state index is 0.160. The highest BCUT2D eigenvalue weighted by Gasteiger charge is 2.33. The summed E-state index contributed by atoms with van der Waals surface area (Å²) in [6.45, 7) is 7.10. The molecule has 0 saturated heterocycles. The lowest BCUT2D eigenvalue weighted by molar-refractivity contribution is -0.130. The van der Waals surface area contributed by atoms with E-state index < -0.39 is 35.3 Å². The van der Waals surface area contributed by atoms with Gasteiger partial charge in [0.2, 0.25) is 11.8 Å². The summed E-state index contributed by atoms with van der Waals surface area (Å²) in [4.78, 5) is 41.3. The van der Waals surface area contributed by atoms with E-state index in [-0.39, 0.29) is 11.3 Å². The third kappa shape index (κ3) is 5.67. The van der Waals surface area contributed by atoms with Crippen LogP contribution < -0.4 is 10.6 Å². The molecule has 0 aliphatic heterocycles. The van der Waals surface area contributed by atoms with Crippen LogP contribution in [0.4, 0.5) is 0 Å². The Morgan fingerprint density at radius 1 is 0.970 bits per heavy atom. The molecule has 9 heteroatoms. The van der Waals surface area contributed by atoms with Crippen molar-refractivity contribution in [2.45, 2.75) is 45.2 Å². The first-order valence-electron chi connectivity index (χ1n) is 10.3. The molecule has 4 N–H and O–H groups in total. The van der Waals surface area contributed by atoms with E-state index in [1.54, 1.807) is 70.2 Å². The Labute approximate surface area is 201 Å². The third-order valence-corrected chi connectivity index (χ3v) is 5.60. The lowest BCUT2D eigenvalue weighted by Gasteiger charge is -2.27.